The number of esters is 1. The SMILES string of the molecule is Cc1cc(C)cc(NC(=O)COC(=O)c2cccc(O)c2)c1. The number of carbonyl (C=O) groups is 2. The van der Waals surface area contributed by atoms with E-state index in [-0.39, 0.29) is 17.9 Å². The van der Waals surface area contributed by atoms with Crippen molar-refractivity contribution >= 4 is 17.6 Å². The third kappa shape index (κ3) is 4.34. The molecule has 5 heteroatoms. The van der Waals surface area contributed by atoms with E-state index in [0.717, 1.165) is 11.1 Å². The number of benzene rings is 2. The minimum atomic E-state index is -0.661. The first-order valence-corrected chi connectivity index (χ1v) is 6.78. The van der Waals surface area contributed by atoms with Crippen LogP contribution in [0.25, 0.3) is 0 Å². The van der Waals surface area contributed by atoms with E-state index in [2.05, 4.69) is 5.32 Å². The summed E-state index contributed by atoms with van der Waals surface area (Å²) in [5.74, 6) is -1.11. The minimum absolute atomic E-state index is 0.0332. The van der Waals surface area contributed by atoms with E-state index in [1.807, 2.05) is 32.0 Å². The van der Waals surface area contributed by atoms with Crippen LogP contribution >= 0.6 is 0 Å². The molecule has 0 atom stereocenters. The van der Waals surface area contributed by atoms with Crippen LogP contribution in [0.4, 0.5) is 5.69 Å². The molecular weight excluding hydrogens is 282 g/mol. The van der Waals surface area contributed by atoms with Gasteiger partial charge in [-0.2, -0.15) is 0 Å². The number of phenols is 1. The van der Waals surface area contributed by atoms with Crippen LogP contribution in [-0.2, 0) is 9.53 Å². The lowest BCUT2D eigenvalue weighted by Gasteiger charge is -2.08. The molecule has 0 heterocycles. The molecule has 5 nitrogen and oxygen atoms in total. The van der Waals surface area contributed by atoms with Crippen LogP contribution in [0.2, 0.25) is 0 Å². The molecule has 0 aromatic heterocycles. The van der Waals surface area contributed by atoms with Crippen molar-refractivity contribution in [3.05, 3.63) is 59.2 Å². The number of hydrogen-bond acceptors (Lipinski definition) is 4. The molecule has 1 amide bonds. The van der Waals surface area contributed by atoms with E-state index in [4.69, 9.17) is 4.74 Å². The Hall–Kier alpha value is -2.82. The first-order chi connectivity index (χ1) is 10.4. The minimum Gasteiger partial charge on any atom is -0.508 e. The van der Waals surface area contributed by atoms with E-state index in [0.29, 0.717) is 5.69 Å². The predicted octanol–water partition coefficient (Wildman–Crippen LogP) is 2.80. The number of aromatic hydroxyl groups is 1. The van der Waals surface area contributed by atoms with Crippen molar-refractivity contribution < 1.29 is 19.4 Å². The van der Waals surface area contributed by atoms with Crippen molar-refractivity contribution in [3.63, 3.8) is 0 Å². The van der Waals surface area contributed by atoms with Gasteiger partial charge in [-0.3, -0.25) is 4.79 Å². The highest BCUT2D eigenvalue weighted by molar-refractivity contribution is 5.95. The average molecular weight is 299 g/mol. The van der Waals surface area contributed by atoms with Gasteiger partial charge in [-0.05, 0) is 55.3 Å². The average Bonchev–Trinajstić information content (AvgIpc) is 2.43. The monoisotopic (exact) mass is 299 g/mol. The van der Waals surface area contributed by atoms with Gasteiger partial charge in [-0.25, -0.2) is 4.79 Å². The Bertz CT molecular complexity index is 689. The summed E-state index contributed by atoms with van der Waals surface area (Å²) in [7, 11) is 0. The molecule has 22 heavy (non-hydrogen) atoms. The molecule has 0 saturated carbocycles. The fourth-order valence-corrected chi connectivity index (χ4v) is 2.09. The van der Waals surface area contributed by atoms with Crippen LogP contribution in [0.3, 0.4) is 0 Å². The van der Waals surface area contributed by atoms with Gasteiger partial charge in [-0.15, -0.1) is 0 Å². The Labute approximate surface area is 128 Å². The Morgan fingerprint density at radius 1 is 1.09 bits per heavy atom. The molecule has 0 spiro atoms. The van der Waals surface area contributed by atoms with Gasteiger partial charge in [0.2, 0.25) is 0 Å². The van der Waals surface area contributed by atoms with Gasteiger partial charge in [0, 0.05) is 5.69 Å². The lowest BCUT2D eigenvalue weighted by Crippen LogP contribution is -2.21. The first kappa shape index (κ1) is 15.6. The topological polar surface area (TPSA) is 75.6 Å². The van der Waals surface area contributed by atoms with Gasteiger partial charge in [0.1, 0.15) is 5.75 Å². The Morgan fingerprint density at radius 3 is 2.41 bits per heavy atom. The summed E-state index contributed by atoms with van der Waals surface area (Å²) in [5, 5.41) is 12.0. The molecular formula is C17H17NO4. The zero-order valence-corrected chi connectivity index (χ0v) is 12.4. The van der Waals surface area contributed by atoms with E-state index in [1.54, 1.807) is 0 Å². The van der Waals surface area contributed by atoms with Crippen molar-refractivity contribution in [1.82, 2.24) is 0 Å². The molecule has 0 saturated heterocycles. The van der Waals surface area contributed by atoms with Crippen molar-refractivity contribution in [1.29, 1.82) is 0 Å². The zero-order valence-electron chi connectivity index (χ0n) is 12.4. The van der Waals surface area contributed by atoms with Crippen LogP contribution in [-0.4, -0.2) is 23.6 Å². The smallest absolute Gasteiger partial charge is 0.338 e. The van der Waals surface area contributed by atoms with Crippen molar-refractivity contribution in [2.24, 2.45) is 0 Å². The molecule has 2 rings (SSSR count). The highest BCUT2D eigenvalue weighted by Crippen LogP contribution is 2.14. The quantitative estimate of drug-likeness (QED) is 0.851. The lowest BCUT2D eigenvalue weighted by molar-refractivity contribution is -0.119. The summed E-state index contributed by atoms with van der Waals surface area (Å²) in [6, 6.07) is 11.4. The number of amides is 1. The standard InChI is InChI=1S/C17H17NO4/c1-11-6-12(2)8-14(7-11)18-16(20)10-22-17(21)13-4-3-5-15(19)9-13/h3-9,19H,10H2,1-2H3,(H,18,20). The zero-order chi connectivity index (χ0) is 16.1. The van der Waals surface area contributed by atoms with Crippen LogP contribution in [0.5, 0.6) is 5.75 Å². The number of anilines is 1. The van der Waals surface area contributed by atoms with Crippen LogP contribution in [0.1, 0.15) is 21.5 Å². The second-order valence-electron chi connectivity index (χ2n) is 5.05. The van der Waals surface area contributed by atoms with Crippen LogP contribution < -0.4 is 5.32 Å². The summed E-state index contributed by atoms with van der Waals surface area (Å²) in [6.07, 6.45) is 0. The van der Waals surface area contributed by atoms with Gasteiger partial charge in [0.05, 0.1) is 5.56 Å². The normalized spacial score (nSPS) is 10.1. The molecule has 2 aromatic carbocycles. The predicted molar refractivity (Wildman–Crippen MR) is 82.9 cm³/mol. The first-order valence-electron chi connectivity index (χ1n) is 6.78. The fourth-order valence-electron chi connectivity index (χ4n) is 2.09. The van der Waals surface area contributed by atoms with Crippen molar-refractivity contribution in [3.8, 4) is 5.75 Å². The van der Waals surface area contributed by atoms with Gasteiger partial charge < -0.3 is 15.2 Å². The summed E-state index contributed by atoms with van der Waals surface area (Å²) in [4.78, 5) is 23.5. The number of phenolic OH excluding ortho intramolecular Hbond substituents is 1. The van der Waals surface area contributed by atoms with E-state index in [9.17, 15) is 14.7 Å². The molecule has 0 aliphatic heterocycles. The molecule has 0 radical (unpaired) electrons. The highest BCUT2D eigenvalue weighted by Gasteiger charge is 2.11. The maximum Gasteiger partial charge on any atom is 0.338 e. The second kappa shape index (κ2) is 6.76. The Morgan fingerprint density at radius 2 is 1.77 bits per heavy atom. The summed E-state index contributed by atoms with van der Waals surface area (Å²) < 4.78 is 4.92. The molecule has 2 N–H and O–H groups in total. The van der Waals surface area contributed by atoms with Crippen LogP contribution in [0, 0.1) is 13.8 Å². The molecule has 0 aliphatic rings. The number of nitrogens with one attached hydrogen (secondary N) is 1. The van der Waals surface area contributed by atoms with Crippen molar-refractivity contribution in [2.75, 3.05) is 11.9 Å². The lowest BCUT2D eigenvalue weighted by atomic mass is 10.1. The van der Waals surface area contributed by atoms with Crippen LogP contribution in [0.15, 0.2) is 42.5 Å². The summed E-state index contributed by atoms with van der Waals surface area (Å²) in [5.41, 5.74) is 2.93. The largest absolute Gasteiger partial charge is 0.508 e. The summed E-state index contributed by atoms with van der Waals surface area (Å²) >= 11 is 0. The molecule has 0 aliphatic carbocycles. The maximum atomic E-state index is 11.8. The number of rotatable bonds is 4. The van der Waals surface area contributed by atoms with E-state index < -0.39 is 11.9 Å². The molecule has 2 aromatic rings. The molecule has 0 fully saturated rings. The Kier molecular flexibility index (Phi) is 4.78. The number of hydrogen-bond donors (Lipinski definition) is 2. The fraction of sp³-hybridized carbons (Fsp3) is 0.176. The third-order valence-electron chi connectivity index (χ3n) is 2.92. The molecule has 0 bridgehead atoms. The Balaban J connectivity index is 1.91. The highest BCUT2D eigenvalue weighted by atomic mass is 16.5. The van der Waals surface area contributed by atoms with E-state index >= 15 is 0 Å². The second-order valence-corrected chi connectivity index (χ2v) is 5.05. The summed E-state index contributed by atoms with van der Waals surface area (Å²) in [6.45, 7) is 3.48. The third-order valence-corrected chi connectivity index (χ3v) is 2.92. The van der Waals surface area contributed by atoms with Crippen molar-refractivity contribution in [2.45, 2.75) is 13.8 Å². The number of aryl methyl sites for hydroxylation is 2. The van der Waals surface area contributed by atoms with Gasteiger partial charge in [-0.1, -0.05) is 12.1 Å². The maximum absolute atomic E-state index is 11.8. The number of ether oxygens (including phenoxy) is 1. The number of carbonyl (C=O) groups excluding carboxylic acids is 2. The molecule has 114 valence electrons. The molecule has 0 unspecified atom stereocenters. The van der Waals surface area contributed by atoms with Gasteiger partial charge in [0.25, 0.3) is 5.91 Å². The van der Waals surface area contributed by atoms with Gasteiger partial charge in [0.15, 0.2) is 6.61 Å². The van der Waals surface area contributed by atoms with E-state index in [1.165, 1.54) is 24.3 Å². The van der Waals surface area contributed by atoms with Gasteiger partial charge >= 0.3 is 5.97 Å².